The van der Waals surface area contributed by atoms with Gasteiger partial charge in [-0.05, 0) is 24.6 Å². The van der Waals surface area contributed by atoms with Crippen molar-refractivity contribution >= 4 is 25.7 Å². The van der Waals surface area contributed by atoms with Crippen LogP contribution in [0, 0.1) is 0 Å². The maximum Gasteiger partial charge on any atom is 0.420 e. The highest BCUT2D eigenvalue weighted by Gasteiger charge is 2.36. The van der Waals surface area contributed by atoms with E-state index in [-0.39, 0.29) is 6.42 Å². The second kappa shape index (κ2) is 6.10. The third-order valence-electron chi connectivity index (χ3n) is 2.45. The Bertz CT molecular complexity index is 642. The number of hydrogen-bond donors (Lipinski definition) is 1. The van der Waals surface area contributed by atoms with Gasteiger partial charge in [-0.3, -0.25) is 0 Å². The van der Waals surface area contributed by atoms with Crippen molar-refractivity contribution < 1.29 is 36.2 Å². The van der Waals surface area contributed by atoms with Crippen LogP contribution in [0.1, 0.15) is 18.9 Å². The van der Waals surface area contributed by atoms with E-state index in [4.69, 9.17) is 20.5 Å². The van der Waals surface area contributed by atoms with E-state index in [1.807, 2.05) is 0 Å². The van der Waals surface area contributed by atoms with Gasteiger partial charge in [0.2, 0.25) is 0 Å². The van der Waals surface area contributed by atoms with Crippen LogP contribution in [0.25, 0.3) is 0 Å². The van der Waals surface area contributed by atoms with Crippen LogP contribution < -0.4 is 4.74 Å². The van der Waals surface area contributed by atoms with Crippen molar-refractivity contribution in [3.05, 3.63) is 23.8 Å². The standard InChI is InChI=1S/C11H10ClF3O5S/c1-2-8(10(16)17)20-9-4-3-6(21(12,18)19)5-7(9)11(13,14)15/h3-5,8H,2H2,1H3,(H,16,17). The minimum atomic E-state index is -4.93. The monoisotopic (exact) mass is 346 g/mol. The Morgan fingerprint density at radius 3 is 2.38 bits per heavy atom. The van der Waals surface area contributed by atoms with E-state index >= 15 is 0 Å². The van der Waals surface area contributed by atoms with E-state index in [0.717, 1.165) is 12.1 Å². The number of ether oxygens (including phenoxy) is 1. The molecule has 0 saturated heterocycles. The van der Waals surface area contributed by atoms with Crippen LogP contribution in [-0.2, 0) is 20.0 Å². The lowest BCUT2D eigenvalue weighted by Gasteiger charge is -2.18. The number of benzene rings is 1. The molecule has 0 amide bonds. The molecule has 0 bridgehead atoms. The molecule has 0 radical (unpaired) electrons. The van der Waals surface area contributed by atoms with Crippen LogP contribution in [0.5, 0.6) is 5.75 Å². The van der Waals surface area contributed by atoms with Gasteiger partial charge in [0.25, 0.3) is 9.05 Å². The number of alkyl halides is 3. The largest absolute Gasteiger partial charge is 0.479 e. The van der Waals surface area contributed by atoms with Gasteiger partial charge in [-0.1, -0.05) is 6.92 Å². The lowest BCUT2D eigenvalue weighted by Crippen LogP contribution is -2.27. The topological polar surface area (TPSA) is 80.7 Å². The van der Waals surface area contributed by atoms with E-state index in [9.17, 15) is 26.4 Å². The number of carboxylic acid groups (broad SMARTS) is 1. The third kappa shape index (κ3) is 4.50. The van der Waals surface area contributed by atoms with Gasteiger partial charge in [0.05, 0.1) is 10.5 Å². The molecule has 0 fully saturated rings. The van der Waals surface area contributed by atoms with Crippen molar-refractivity contribution in [3.8, 4) is 5.75 Å². The molecule has 5 nitrogen and oxygen atoms in total. The number of carboxylic acids is 1. The van der Waals surface area contributed by atoms with Crippen LogP contribution in [0.2, 0.25) is 0 Å². The summed E-state index contributed by atoms with van der Waals surface area (Å²) in [4.78, 5) is 10.0. The summed E-state index contributed by atoms with van der Waals surface area (Å²) in [5.74, 6) is -2.21. The van der Waals surface area contributed by atoms with E-state index in [2.05, 4.69) is 0 Å². The predicted molar refractivity (Wildman–Crippen MR) is 66.8 cm³/mol. The molecule has 1 atom stereocenters. The number of carbonyl (C=O) groups is 1. The Kier molecular flexibility index (Phi) is 5.11. The van der Waals surface area contributed by atoms with Crippen LogP contribution >= 0.6 is 10.7 Å². The van der Waals surface area contributed by atoms with Gasteiger partial charge in [0.1, 0.15) is 5.75 Å². The molecule has 10 heteroatoms. The molecular formula is C11H10ClF3O5S. The second-order valence-corrected chi connectivity index (χ2v) is 6.51. The van der Waals surface area contributed by atoms with Gasteiger partial charge in [-0.25, -0.2) is 13.2 Å². The van der Waals surface area contributed by atoms with Gasteiger partial charge in [-0.15, -0.1) is 0 Å². The Labute approximate surface area is 122 Å². The average molecular weight is 347 g/mol. The molecule has 0 aliphatic rings. The Morgan fingerprint density at radius 1 is 1.43 bits per heavy atom. The molecule has 21 heavy (non-hydrogen) atoms. The SMILES string of the molecule is CCC(Oc1ccc(S(=O)(=O)Cl)cc1C(F)(F)F)C(=O)O. The molecule has 0 aromatic heterocycles. The molecule has 0 spiro atoms. The summed E-state index contributed by atoms with van der Waals surface area (Å²) in [6.07, 6.45) is -6.48. The highest BCUT2D eigenvalue weighted by Crippen LogP contribution is 2.38. The molecule has 0 heterocycles. The van der Waals surface area contributed by atoms with Crippen molar-refractivity contribution in [1.29, 1.82) is 0 Å². The average Bonchev–Trinajstić information content (AvgIpc) is 2.33. The highest BCUT2D eigenvalue weighted by molar-refractivity contribution is 8.13. The first-order valence-corrected chi connectivity index (χ1v) is 7.83. The minimum absolute atomic E-state index is 0.0673. The van der Waals surface area contributed by atoms with Crippen LogP contribution in [-0.4, -0.2) is 25.6 Å². The summed E-state index contributed by atoms with van der Waals surface area (Å²) in [5, 5.41) is 8.79. The van der Waals surface area contributed by atoms with Gasteiger partial charge in [0.15, 0.2) is 6.10 Å². The molecule has 0 aliphatic carbocycles. The molecule has 1 aromatic carbocycles. The summed E-state index contributed by atoms with van der Waals surface area (Å²) in [5.41, 5.74) is -1.41. The van der Waals surface area contributed by atoms with Crippen LogP contribution in [0.3, 0.4) is 0 Å². The summed E-state index contributed by atoms with van der Waals surface area (Å²) in [6, 6.07) is 1.83. The van der Waals surface area contributed by atoms with E-state index in [0.29, 0.717) is 6.07 Å². The fourth-order valence-corrected chi connectivity index (χ4v) is 2.22. The lowest BCUT2D eigenvalue weighted by atomic mass is 10.2. The van der Waals surface area contributed by atoms with Crippen LogP contribution in [0.4, 0.5) is 13.2 Å². The number of aliphatic carboxylic acids is 1. The zero-order valence-electron chi connectivity index (χ0n) is 10.5. The van der Waals surface area contributed by atoms with E-state index in [1.165, 1.54) is 6.92 Å². The zero-order valence-corrected chi connectivity index (χ0v) is 12.1. The summed E-state index contributed by atoms with van der Waals surface area (Å²) in [7, 11) is 0.634. The molecule has 0 saturated carbocycles. The molecule has 1 unspecified atom stereocenters. The van der Waals surface area contributed by atoms with Crippen molar-refractivity contribution in [3.63, 3.8) is 0 Å². The first kappa shape index (κ1) is 17.6. The lowest BCUT2D eigenvalue weighted by molar-refractivity contribution is -0.148. The van der Waals surface area contributed by atoms with Crippen molar-refractivity contribution in [2.45, 2.75) is 30.5 Å². The van der Waals surface area contributed by atoms with Gasteiger partial charge in [0, 0.05) is 10.7 Å². The molecule has 118 valence electrons. The molecule has 0 aliphatic heterocycles. The van der Waals surface area contributed by atoms with Gasteiger partial charge in [-0.2, -0.15) is 13.2 Å². The van der Waals surface area contributed by atoms with Crippen molar-refractivity contribution in [2.24, 2.45) is 0 Å². The predicted octanol–water partition coefficient (Wildman–Crippen LogP) is 2.87. The normalized spacial score (nSPS) is 13.8. The summed E-state index contributed by atoms with van der Waals surface area (Å²) in [6.45, 7) is 1.42. The van der Waals surface area contributed by atoms with Gasteiger partial charge < -0.3 is 9.84 Å². The van der Waals surface area contributed by atoms with E-state index in [1.54, 1.807) is 0 Å². The zero-order chi connectivity index (χ0) is 16.4. The van der Waals surface area contributed by atoms with Gasteiger partial charge >= 0.3 is 12.1 Å². The first-order chi connectivity index (χ1) is 9.46. The molecule has 1 rings (SSSR count). The van der Waals surface area contributed by atoms with E-state index < -0.39 is 43.5 Å². The fourth-order valence-electron chi connectivity index (χ4n) is 1.45. The second-order valence-electron chi connectivity index (χ2n) is 3.95. The first-order valence-electron chi connectivity index (χ1n) is 5.52. The number of hydrogen-bond acceptors (Lipinski definition) is 4. The van der Waals surface area contributed by atoms with Crippen LogP contribution in [0.15, 0.2) is 23.1 Å². The van der Waals surface area contributed by atoms with Crippen molar-refractivity contribution in [1.82, 2.24) is 0 Å². The molecular weight excluding hydrogens is 337 g/mol. The maximum atomic E-state index is 12.9. The summed E-state index contributed by atoms with van der Waals surface area (Å²) < 4.78 is 65.7. The van der Waals surface area contributed by atoms with Crippen molar-refractivity contribution in [2.75, 3.05) is 0 Å². The Balaban J connectivity index is 3.36. The fraction of sp³-hybridized carbons (Fsp3) is 0.364. The smallest absolute Gasteiger partial charge is 0.420 e. The molecule has 1 aromatic rings. The quantitative estimate of drug-likeness (QED) is 0.829. The summed E-state index contributed by atoms with van der Waals surface area (Å²) >= 11 is 0. The maximum absolute atomic E-state index is 12.9. The number of rotatable bonds is 5. The number of halogens is 4. The highest BCUT2D eigenvalue weighted by atomic mass is 35.7. The minimum Gasteiger partial charge on any atom is -0.479 e. The Morgan fingerprint density at radius 2 is 2.00 bits per heavy atom. The third-order valence-corrected chi connectivity index (χ3v) is 3.80. The Hall–Kier alpha value is -1.48. The molecule has 1 N–H and O–H groups in total.